The van der Waals surface area contributed by atoms with Crippen LogP contribution in [0.2, 0.25) is 5.02 Å². The number of halogens is 3. The van der Waals surface area contributed by atoms with Crippen LogP contribution in [0.1, 0.15) is 0 Å². The van der Waals surface area contributed by atoms with E-state index in [2.05, 4.69) is 46.0 Å². The Morgan fingerprint density at radius 2 is 1.06 bits per heavy atom. The van der Waals surface area contributed by atoms with Crippen molar-refractivity contribution in [3.05, 3.63) is 89.8 Å². The van der Waals surface area contributed by atoms with Crippen molar-refractivity contribution in [1.29, 1.82) is 0 Å². The zero-order valence-electron chi connectivity index (χ0n) is 36.3. The third kappa shape index (κ3) is 16.4. The second-order valence-electron chi connectivity index (χ2n) is 12.6. The fourth-order valence-electron chi connectivity index (χ4n) is 5.43. The molecule has 0 unspecified atom stereocenters. The molecule has 0 aliphatic carbocycles. The molecule has 1 heterocycles. The van der Waals surface area contributed by atoms with E-state index in [1.54, 1.807) is 0 Å². The van der Waals surface area contributed by atoms with E-state index in [0.29, 0.717) is 30.3 Å². The van der Waals surface area contributed by atoms with Gasteiger partial charge < -0.3 is 34.4 Å². The molecule has 71 heavy (non-hydrogen) atoms. The van der Waals surface area contributed by atoms with Gasteiger partial charge in [-0.15, -0.1) is 20.5 Å². The summed E-state index contributed by atoms with van der Waals surface area (Å²) in [7, 11) is -27.8. The number of nitrogens with two attached hydrogens (primary N) is 1. The number of hydrogen-bond donors (Lipinski definition) is 3. The van der Waals surface area contributed by atoms with E-state index < -0.39 is 143 Å². The predicted molar refractivity (Wildman–Crippen MR) is 212 cm³/mol. The molecule has 26 nitrogen and oxygen atoms in total. The molecule has 346 valence electrons. The number of azo groups is 3. The minimum Gasteiger partial charge on any atom is -0.870 e. The maximum Gasteiger partial charge on any atom is 1.00 e. The molecule has 0 radical (unpaired) electrons. The van der Waals surface area contributed by atoms with E-state index in [1.807, 2.05) is 0 Å². The van der Waals surface area contributed by atoms with Gasteiger partial charge in [-0.1, -0.05) is 17.4 Å². The zero-order valence-corrected chi connectivity index (χ0v) is 51.2. The van der Waals surface area contributed by atoms with Crippen LogP contribution >= 0.6 is 11.6 Å². The van der Waals surface area contributed by atoms with Crippen molar-refractivity contribution in [3.8, 4) is 5.75 Å². The van der Waals surface area contributed by atoms with Crippen LogP contribution in [0.25, 0.3) is 10.8 Å². The summed E-state index contributed by atoms with van der Waals surface area (Å²) in [5, 5.41) is 35.4. The first-order chi connectivity index (χ1) is 30.4. The van der Waals surface area contributed by atoms with Crippen LogP contribution < -0.4 is 164 Å². The Morgan fingerprint density at radius 3 is 1.58 bits per heavy atom. The minimum atomic E-state index is -5.78. The Balaban J connectivity index is 0.00000504. The van der Waals surface area contributed by atoms with Gasteiger partial charge in [-0.2, -0.15) is 37.4 Å². The van der Waals surface area contributed by atoms with Crippen LogP contribution in [-0.2, 0) is 50.6 Å². The largest absolute Gasteiger partial charge is 1.00 e. The Bertz CT molecular complexity index is 3750. The van der Waals surface area contributed by atoms with E-state index in [4.69, 9.17) is 17.3 Å². The molecule has 0 aliphatic heterocycles. The van der Waals surface area contributed by atoms with Crippen molar-refractivity contribution in [2.24, 2.45) is 30.7 Å². The molecular weight excluding hydrogens is 1130 g/mol. The average Bonchev–Trinajstić information content (AvgIpc) is 3.19. The van der Waals surface area contributed by atoms with Crippen molar-refractivity contribution in [1.82, 2.24) is 9.97 Å². The number of benzene rings is 5. The topological polar surface area (TPSA) is 444 Å². The summed E-state index contributed by atoms with van der Waals surface area (Å²) in [4.78, 5) is -0.435. The van der Waals surface area contributed by atoms with Crippen LogP contribution in [0.15, 0.2) is 128 Å². The maximum absolute atomic E-state index is 13.9. The summed E-state index contributed by atoms with van der Waals surface area (Å²) in [6.45, 7) is 0. The molecule has 0 atom stereocenters. The summed E-state index contributed by atoms with van der Waals surface area (Å²) < 4.78 is 206. The quantitative estimate of drug-likeness (QED) is 0.0241. The fourth-order valence-corrected chi connectivity index (χ4v) is 8.54. The van der Waals surface area contributed by atoms with Crippen LogP contribution in [0.3, 0.4) is 0 Å². The molecule has 0 saturated heterocycles. The van der Waals surface area contributed by atoms with Gasteiger partial charge in [-0.05, 0) is 78.2 Å². The van der Waals surface area contributed by atoms with Crippen molar-refractivity contribution in [2.75, 3.05) is 11.1 Å². The van der Waals surface area contributed by atoms with E-state index >= 15 is 0 Å². The minimum absolute atomic E-state index is 0. The monoisotopic (exact) mass is 1140 g/mol. The second-order valence-corrected chi connectivity index (χ2v) is 19.8. The Morgan fingerprint density at radius 1 is 0.577 bits per heavy atom. The Kier molecular flexibility index (Phi) is 24.6. The number of hydrogen-bond acceptors (Lipinski definition) is 25. The first-order valence-electron chi connectivity index (χ1n) is 16.6. The van der Waals surface area contributed by atoms with Gasteiger partial charge in [0.05, 0.1) is 42.3 Å². The normalized spacial score (nSPS) is 12.2. The first kappa shape index (κ1) is 67.4. The van der Waals surface area contributed by atoms with Gasteiger partial charge in [0.25, 0.3) is 10.1 Å². The van der Waals surface area contributed by atoms with Crippen molar-refractivity contribution < 1.29 is 227 Å². The SMILES string of the molecule is Nc1c(N=Nc2cc(N=Nc3ccc(Nc4nc(F)nc(F)c4Cl)cc3)ccc2S(=O)(=O)[O-])c(S(=O)(=O)[O-])cc2cc(S(=O)(=O)O)c(N=Nc3cc(S(=O)(=O)[O-])ccc3S(=O)(=O)[O-])c([O-])c12.[Na+].[Na+].[Na+].[Na+].[Na+]. The molecule has 0 amide bonds. The van der Waals surface area contributed by atoms with Gasteiger partial charge in [0.15, 0.2) is 5.82 Å². The van der Waals surface area contributed by atoms with Crippen LogP contribution in [0.4, 0.5) is 60.1 Å². The van der Waals surface area contributed by atoms with Gasteiger partial charge in [-0.25, -0.2) is 33.7 Å². The van der Waals surface area contributed by atoms with Gasteiger partial charge in [0, 0.05) is 11.1 Å². The number of nitrogen functional groups attached to an aromatic ring is 1. The number of nitrogens with one attached hydrogen (secondary N) is 1. The smallest absolute Gasteiger partial charge is 0.870 e. The van der Waals surface area contributed by atoms with Crippen LogP contribution in [0, 0.1) is 12.0 Å². The summed E-state index contributed by atoms with van der Waals surface area (Å²) in [5.74, 6) is -3.47. The molecule has 39 heteroatoms. The molecule has 0 saturated carbocycles. The predicted octanol–water partition coefficient (Wildman–Crippen LogP) is -9.91. The Hall–Kier alpha value is -1.66. The second kappa shape index (κ2) is 25.9. The number of anilines is 3. The standard InChI is InChI=1S/C32H21ClF2N10O16S5.5Na/c33-25-30(34)38-32(35)39-31(25)37-14-1-3-15(4-2-14)40-41-16-5-7-20(63(50,51)52)18(11-16)42-44-27-22(65(56,57)58)9-13-10-23(66(59,60)61)28(29(46)24(13)26(27)36)45-43-19-12-17(62(47,48)49)6-8-21(19)64(53,54)55;;;;;/h1-12,46H,36H2,(H,37,38,39)(H,47,48,49)(H,50,51,52)(H,53,54,55)(H,56,57,58)(H,59,60,61);;;;;/q;5*+1/p-5. The number of fused-ring (bicyclic) bond motifs is 1. The van der Waals surface area contributed by atoms with Crippen LogP contribution in [0.5, 0.6) is 5.75 Å². The van der Waals surface area contributed by atoms with Crippen molar-refractivity contribution in [2.45, 2.75) is 24.5 Å². The molecule has 6 aromatic rings. The molecule has 0 spiro atoms. The molecule has 0 fully saturated rings. The summed E-state index contributed by atoms with van der Waals surface area (Å²) >= 11 is 5.75. The number of rotatable bonds is 13. The molecule has 0 aliphatic rings. The summed E-state index contributed by atoms with van der Waals surface area (Å²) in [6, 6.07) is 9.31. The number of aromatic nitrogens is 2. The van der Waals surface area contributed by atoms with Gasteiger partial charge >= 0.3 is 154 Å². The fraction of sp³-hybridized carbons (Fsp3) is 0. The molecular formula is C32H16ClF2N10Na5O16S5. The van der Waals surface area contributed by atoms with Crippen molar-refractivity contribution >= 4 is 124 Å². The van der Waals surface area contributed by atoms with Gasteiger partial charge in [0.2, 0.25) is 5.95 Å². The molecule has 0 bridgehead atoms. The molecule has 5 aromatic carbocycles. The number of nitrogens with zero attached hydrogens (tertiary/aromatic N) is 8. The van der Waals surface area contributed by atoms with Crippen LogP contribution in [-0.4, -0.2) is 74.8 Å². The maximum atomic E-state index is 13.9. The third-order valence-corrected chi connectivity index (χ3v) is 12.9. The first-order valence-corrected chi connectivity index (χ1v) is 24.1. The average molecular weight is 1150 g/mol. The molecule has 1 aromatic heterocycles. The van der Waals surface area contributed by atoms with E-state index in [1.165, 1.54) is 24.3 Å². The summed E-state index contributed by atoms with van der Waals surface area (Å²) in [6.07, 6.45) is -1.41. The van der Waals surface area contributed by atoms with E-state index in [-0.39, 0.29) is 171 Å². The van der Waals surface area contributed by atoms with Crippen molar-refractivity contribution in [3.63, 3.8) is 0 Å². The van der Waals surface area contributed by atoms with E-state index in [9.17, 15) is 78.7 Å². The van der Waals surface area contributed by atoms with E-state index in [0.717, 1.165) is 12.1 Å². The van der Waals surface area contributed by atoms with Gasteiger partial charge in [-0.3, -0.25) is 4.55 Å². The molecule has 4 N–H and O–H groups in total. The third-order valence-electron chi connectivity index (χ3n) is 8.25. The Labute approximate surface area is 515 Å². The molecule has 6 rings (SSSR count). The summed E-state index contributed by atoms with van der Waals surface area (Å²) in [5.41, 5.74) is 0.100. The van der Waals surface area contributed by atoms with Gasteiger partial charge in [0.1, 0.15) is 67.5 Å². The zero-order chi connectivity index (χ0) is 48.9.